The molecule has 2 aromatic rings. The topological polar surface area (TPSA) is 25.2 Å². The van der Waals surface area contributed by atoms with Gasteiger partial charge in [0, 0.05) is 23.0 Å². The molecule has 0 aliphatic rings. The van der Waals surface area contributed by atoms with Crippen molar-refractivity contribution in [2.24, 2.45) is 0 Å². The molecule has 1 heterocycles. The smallest absolute Gasteiger partial charge is 0.105 e. The summed E-state index contributed by atoms with van der Waals surface area (Å²) >= 11 is 3.50. The summed E-state index contributed by atoms with van der Waals surface area (Å²) in [5, 5.41) is 3.58. The maximum Gasteiger partial charge on any atom is 0.105 e. The van der Waals surface area contributed by atoms with Gasteiger partial charge in [-0.15, -0.1) is 0 Å². The molecule has 0 bridgehead atoms. The molecule has 96 valence electrons. The fourth-order valence-corrected chi connectivity index (χ4v) is 2.51. The van der Waals surface area contributed by atoms with E-state index in [1.807, 2.05) is 18.2 Å². The lowest BCUT2D eigenvalue weighted by Gasteiger charge is -2.20. The van der Waals surface area contributed by atoms with E-state index in [-0.39, 0.29) is 0 Å². The van der Waals surface area contributed by atoms with E-state index in [0.29, 0.717) is 12.1 Å². The van der Waals surface area contributed by atoms with E-state index < -0.39 is 0 Å². The second-order valence-corrected chi connectivity index (χ2v) is 5.54. The van der Waals surface area contributed by atoms with Crippen molar-refractivity contribution in [1.29, 1.82) is 0 Å². The van der Waals surface area contributed by atoms with Crippen molar-refractivity contribution in [3.8, 4) is 0 Å². The van der Waals surface area contributed by atoms with Crippen LogP contribution in [0.15, 0.2) is 51.6 Å². The van der Waals surface area contributed by atoms with Gasteiger partial charge in [-0.25, -0.2) is 0 Å². The second-order valence-electron chi connectivity index (χ2n) is 4.63. The third-order valence-electron chi connectivity index (χ3n) is 2.97. The fourth-order valence-electron chi connectivity index (χ4n) is 2.09. The van der Waals surface area contributed by atoms with E-state index in [0.717, 1.165) is 16.7 Å². The molecule has 1 aromatic heterocycles. The molecule has 0 saturated carbocycles. The highest BCUT2D eigenvalue weighted by Gasteiger charge is 2.11. The summed E-state index contributed by atoms with van der Waals surface area (Å²) in [6.07, 6.45) is 2.63. The van der Waals surface area contributed by atoms with Gasteiger partial charge in [-0.3, -0.25) is 0 Å². The average Bonchev–Trinajstić information content (AvgIpc) is 2.81. The predicted octanol–water partition coefficient (Wildman–Crippen LogP) is 4.32. The van der Waals surface area contributed by atoms with Gasteiger partial charge in [-0.1, -0.05) is 28.1 Å². The van der Waals surface area contributed by atoms with Crippen LogP contribution in [0.2, 0.25) is 0 Å². The van der Waals surface area contributed by atoms with Crippen LogP contribution in [0.5, 0.6) is 0 Å². The Kier molecular flexibility index (Phi) is 4.61. The minimum absolute atomic E-state index is 0.326. The number of nitrogens with one attached hydrogen (secondary N) is 1. The summed E-state index contributed by atoms with van der Waals surface area (Å²) in [6.45, 7) is 4.36. The Bertz CT molecular complexity index is 481. The first-order chi connectivity index (χ1) is 8.65. The minimum Gasteiger partial charge on any atom is -0.469 e. The van der Waals surface area contributed by atoms with Crippen molar-refractivity contribution < 1.29 is 4.42 Å². The van der Waals surface area contributed by atoms with Crippen LogP contribution in [0.4, 0.5) is 0 Å². The molecule has 2 atom stereocenters. The maximum absolute atomic E-state index is 5.36. The highest BCUT2D eigenvalue weighted by Crippen LogP contribution is 2.18. The molecule has 0 aliphatic carbocycles. The van der Waals surface area contributed by atoms with Crippen LogP contribution in [0, 0.1) is 0 Å². The first-order valence-corrected chi connectivity index (χ1v) is 6.98. The van der Waals surface area contributed by atoms with Crippen LogP contribution in [0.3, 0.4) is 0 Å². The zero-order valence-corrected chi connectivity index (χ0v) is 12.3. The van der Waals surface area contributed by atoms with Gasteiger partial charge in [0.1, 0.15) is 5.76 Å². The van der Waals surface area contributed by atoms with Crippen molar-refractivity contribution in [3.63, 3.8) is 0 Å². The molecule has 1 N–H and O–H groups in total. The summed E-state index contributed by atoms with van der Waals surface area (Å²) in [5.74, 6) is 1.02. The van der Waals surface area contributed by atoms with E-state index in [2.05, 4.69) is 53.3 Å². The first kappa shape index (κ1) is 13.4. The molecular formula is C15H18BrNO. The van der Waals surface area contributed by atoms with E-state index >= 15 is 0 Å². The van der Waals surface area contributed by atoms with Crippen LogP contribution in [-0.2, 0) is 6.42 Å². The van der Waals surface area contributed by atoms with Crippen LogP contribution >= 0.6 is 15.9 Å². The van der Waals surface area contributed by atoms with E-state index in [9.17, 15) is 0 Å². The molecule has 0 amide bonds. The zero-order valence-electron chi connectivity index (χ0n) is 10.7. The molecule has 1 unspecified atom stereocenters. The molecule has 0 saturated heterocycles. The van der Waals surface area contributed by atoms with Gasteiger partial charge in [-0.2, -0.15) is 0 Å². The maximum atomic E-state index is 5.36. The monoisotopic (exact) mass is 307 g/mol. The average molecular weight is 308 g/mol. The Morgan fingerprint density at radius 3 is 2.72 bits per heavy atom. The summed E-state index contributed by atoms with van der Waals surface area (Å²) in [5.41, 5.74) is 1.29. The molecular weight excluding hydrogens is 290 g/mol. The number of furan rings is 1. The van der Waals surface area contributed by atoms with Crippen LogP contribution in [-0.4, -0.2) is 6.04 Å². The third-order valence-corrected chi connectivity index (χ3v) is 3.46. The lowest BCUT2D eigenvalue weighted by Crippen LogP contribution is -2.30. The van der Waals surface area contributed by atoms with Gasteiger partial charge in [0.25, 0.3) is 0 Å². The van der Waals surface area contributed by atoms with Gasteiger partial charge in [0.2, 0.25) is 0 Å². The quantitative estimate of drug-likeness (QED) is 0.889. The number of halogens is 1. The van der Waals surface area contributed by atoms with E-state index in [1.54, 1.807) is 6.26 Å². The summed E-state index contributed by atoms with van der Waals surface area (Å²) in [7, 11) is 0. The van der Waals surface area contributed by atoms with Crippen LogP contribution in [0.1, 0.15) is 31.2 Å². The summed E-state index contributed by atoms with van der Waals surface area (Å²) in [4.78, 5) is 0. The van der Waals surface area contributed by atoms with Gasteiger partial charge < -0.3 is 9.73 Å². The molecule has 0 spiro atoms. The Morgan fingerprint density at radius 2 is 2.06 bits per heavy atom. The van der Waals surface area contributed by atoms with E-state index in [4.69, 9.17) is 4.42 Å². The highest BCUT2D eigenvalue weighted by molar-refractivity contribution is 9.10. The SMILES string of the molecule is CC(Cc1ccco1)N[C@H](C)c1cccc(Br)c1. The van der Waals surface area contributed by atoms with Gasteiger partial charge >= 0.3 is 0 Å². The Labute approximate surface area is 117 Å². The number of benzene rings is 1. The fraction of sp³-hybridized carbons (Fsp3) is 0.333. The predicted molar refractivity (Wildman–Crippen MR) is 77.6 cm³/mol. The van der Waals surface area contributed by atoms with Crippen molar-refractivity contribution in [3.05, 3.63) is 58.5 Å². The Hall–Kier alpha value is -1.06. The lowest BCUT2D eigenvalue weighted by molar-refractivity contribution is 0.429. The van der Waals surface area contributed by atoms with Gasteiger partial charge in [0.15, 0.2) is 0 Å². The molecule has 1 aromatic carbocycles. The standard InChI is InChI=1S/C15H18BrNO/c1-11(9-15-7-4-8-18-15)17-12(2)13-5-3-6-14(16)10-13/h3-8,10-12,17H,9H2,1-2H3/t11?,12-/m1/s1. The molecule has 2 rings (SSSR count). The number of hydrogen-bond acceptors (Lipinski definition) is 2. The molecule has 2 nitrogen and oxygen atoms in total. The minimum atomic E-state index is 0.326. The van der Waals surface area contributed by atoms with Crippen LogP contribution < -0.4 is 5.32 Å². The Morgan fingerprint density at radius 1 is 1.22 bits per heavy atom. The molecule has 0 radical (unpaired) electrons. The second kappa shape index (κ2) is 6.21. The van der Waals surface area contributed by atoms with Gasteiger partial charge in [-0.05, 0) is 43.7 Å². The first-order valence-electron chi connectivity index (χ1n) is 6.19. The molecule has 0 aliphatic heterocycles. The number of hydrogen-bond donors (Lipinski definition) is 1. The molecule has 18 heavy (non-hydrogen) atoms. The largest absolute Gasteiger partial charge is 0.469 e. The number of rotatable bonds is 5. The summed E-state index contributed by atoms with van der Waals surface area (Å²) in [6, 6.07) is 13.1. The molecule has 3 heteroatoms. The normalized spacial score (nSPS) is 14.4. The van der Waals surface area contributed by atoms with Crippen molar-refractivity contribution in [2.75, 3.05) is 0 Å². The van der Waals surface area contributed by atoms with Crippen LogP contribution in [0.25, 0.3) is 0 Å². The Balaban J connectivity index is 1.92. The summed E-state index contributed by atoms with van der Waals surface area (Å²) < 4.78 is 6.48. The van der Waals surface area contributed by atoms with Crippen molar-refractivity contribution in [1.82, 2.24) is 5.32 Å². The van der Waals surface area contributed by atoms with E-state index in [1.165, 1.54) is 5.56 Å². The van der Waals surface area contributed by atoms with Crippen molar-refractivity contribution >= 4 is 15.9 Å². The highest BCUT2D eigenvalue weighted by atomic mass is 79.9. The zero-order chi connectivity index (χ0) is 13.0. The lowest BCUT2D eigenvalue weighted by atomic mass is 10.1. The third kappa shape index (κ3) is 3.72. The van der Waals surface area contributed by atoms with Gasteiger partial charge in [0.05, 0.1) is 6.26 Å². The molecule has 0 fully saturated rings. The van der Waals surface area contributed by atoms with Crippen molar-refractivity contribution in [2.45, 2.75) is 32.4 Å².